The summed E-state index contributed by atoms with van der Waals surface area (Å²) in [6.07, 6.45) is 2.18. The first-order valence-corrected chi connectivity index (χ1v) is 10.2. The maximum Gasteiger partial charge on any atom is 0.240 e. The summed E-state index contributed by atoms with van der Waals surface area (Å²) in [5.41, 5.74) is 1.15. The number of nitrogens with zero attached hydrogens (tertiary/aromatic N) is 2. The summed E-state index contributed by atoms with van der Waals surface area (Å²) >= 11 is 0. The fraction of sp³-hybridized carbons (Fsp3) is 0.556. The number of nitrogens with one attached hydrogen (secondary N) is 1. The maximum absolute atomic E-state index is 12.3. The lowest BCUT2D eigenvalue weighted by Crippen LogP contribution is -2.25. The number of hydrogen-bond donors (Lipinski definition) is 1. The van der Waals surface area contributed by atoms with Crippen molar-refractivity contribution < 1.29 is 12.9 Å². The van der Waals surface area contributed by atoms with Gasteiger partial charge in [0.1, 0.15) is 0 Å². The van der Waals surface area contributed by atoms with Gasteiger partial charge < -0.3 is 4.52 Å². The highest BCUT2D eigenvalue weighted by Crippen LogP contribution is 2.20. The Morgan fingerprint density at radius 1 is 1.16 bits per heavy atom. The Balaban J connectivity index is 1.86. The van der Waals surface area contributed by atoms with Gasteiger partial charge in [-0.2, -0.15) is 4.98 Å². The normalized spacial score (nSPS) is 13.3. The quantitative estimate of drug-likeness (QED) is 0.686. The van der Waals surface area contributed by atoms with E-state index in [4.69, 9.17) is 4.52 Å². The molecular formula is C18H27N3O3S. The minimum Gasteiger partial charge on any atom is -0.339 e. The van der Waals surface area contributed by atoms with Crippen LogP contribution in [0.25, 0.3) is 0 Å². The van der Waals surface area contributed by atoms with E-state index >= 15 is 0 Å². The molecule has 0 radical (unpaired) electrons. The van der Waals surface area contributed by atoms with Crippen molar-refractivity contribution in [3.05, 3.63) is 41.5 Å². The van der Waals surface area contributed by atoms with Crippen molar-refractivity contribution >= 4 is 10.0 Å². The maximum atomic E-state index is 12.3. The fourth-order valence-corrected chi connectivity index (χ4v) is 3.42. The summed E-state index contributed by atoms with van der Waals surface area (Å²) < 4.78 is 32.4. The molecule has 0 aliphatic heterocycles. The van der Waals surface area contributed by atoms with Crippen molar-refractivity contribution in [2.45, 2.75) is 63.7 Å². The van der Waals surface area contributed by atoms with Gasteiger partial charge in [-0.15, -0.1) is 0 Å². The molecule has 0 fully saturated rings. The van der Waals surface area contributed by atoms with Gasteiger partial charge in [-0.25, -0.2) is 13.1 Å². The molecule has 1 N–H and O–H groups in total. The number of hydrogen-bond acceptors (Lipinski definition) is 5. The summed E-state index contributed by atoms with van der Waals surface area (Å²) in [6, 6.07) is 7.09. The molecule has 0 aliphatic carbocycles. The summed E-state index contributed by atoms with van der Waals surface area (Å²) in [5.74, 6) is 1.86. The summed E-state index contributed by atoms with van der Waals surface area (Å²) in [7, 11) is -3.49. The number of benzene rings is 1. The van der Waals surface area contributed by atoms with E-state index in [1.54, 1.807) is 12.1 Å². The standard InChI is InChI=1S/C18H27N3O3S/c1-5-14(4)15-8-10-16(11-9-15)25(22,23)19-12-6-7-17-20-18(13(2)3)21-24-17/h8-11,13-14,19H,5-7,12H2,1-4H3. The van der Waals surface area contributed by atoms with E-state index in [0.717, 1.165) is 12.0 Å². The zero-order chi connectivity index (χ0) is 18.4. The van der Waals surface area contributed by atoms with Gasteiger partial charge in [-0.05, 0) is 36.5 Å². The molecule has 2 rings (SSSR count). The second kappa shape index (κ2) is 8.58. The van der Waals surface area contributed by atoms with Gasteiger partial charge in [-0.3, -0.25) is 0 Å². The van der Waals surface area contributed by atoms with E-state index in [0.29, 0.717) is 41.9 Å². The molecule has 2 aromatic rings. The van der Waals surface area contributed by atoms with Crippen LogP contribution in [0.4, 0.5) is 0 Å². The summed E-state index contributed by atoms with van der Waals surface area (Å²) in [6.45, 7) is 8.56. The van der Waals surface area contributed by atoms with Crippen molar-refractivity contribution in [2.24, 2.45) is 0 Å². The third-order valence-electron chi connectivity index (χ3n) is 4.23. The highest BCUT2D eigenvalue weighted by molar-refractivity contribution is 7.89. The molecular weight excluding hydrogens is 338 g/mol. The molecule has 138 valence electrons. The molecule has 1 aromatic heterocycles. The third kappa shape index (κ3) is 5.37. The van der Waals surface area contributed by atoms with Gasteiger partial charge >= 0.3 is 0 Å². The summed E-state index contributed by atoms with van der Waals surface area (Å²) in [4.78, 5) is 4.57. The second-order valence-electron chi connectivity index (χ2n) is 6.58. The van der Waals surface area contributed by atoms with Crippen LogP contribution in [-0.4, -0.2) is 25.1 Å². The smallest absolute Gasteiger partial charge is 0.240 e. The molecule has 0 saturated carbocycles. The number of aryl methyl sites for hydroxylation is 1. The predicted molar refractivity (Wildman–Crippen MR) is 97.0 cm³/mol. The van der Waals surface area contributed by atoms with Gasteiger partial charge in [0, 0.05) is 18.9 Å². The molecule has 6 nitrogen and oxygen atoms in total. The molecule has 25 heavy (non-hydrogen) atoms. The Kier molecular flexibility index (Phi) is 6.72. The second-order valence-corrected chi connectivity index (χ2v) is 8.35. The van der Waals surface area contributed by atoms with Crippen molar-refractivity contribution in [2.75, 3.05) is 6.54 Å². The Bertz CT molecular complexity index is 767. The predicted octanol–water partition coefficient (Wildman–Crippen LogP) is 3.62. The Morgan fingerprint density at radius 3 is 2.40 bits per heavy atom. The van der Waals surface area contributed by atoms with Gasteiger partial charge in [0.25, 0.3) is 0 Å². The highest BCUT2D eigenvalue weighted by atomic mass is 32.2. The lowest BCUT2D eigenvalue weighted by Gasteiger charge is -2.10. The van der Waals surface area contributed by atoms with Gasteiger partial charge in [0.2, 0.25) is 15.9 Å². The van der Waals surface area contributed by atoms with E-state index in [2.05, 4.69) is 28.7 Å². The molecule has 0 bridgehead atoms. The van der Waals surface area contributed by atoms with Crippen LogP contribution in [-0.2, 0) is 16.4 Å². The monoisotopic (exact) mass is 365 g/mol. The number of aromatic nitrogens is 2. The SMILES string of the molecule is CCC(C)c1ccc(S(=O)(=O)NCCCc2nc(C(C)C)no2)cc1. The van der Waals surface area contributed by atoms with Crippen LogP contribution in [0.3, 0.4) is 0 Å². The molecule has 0 aliphatic rings. The first kappa shape index (κ1) is 19.6. The fourth-order valence-electron chi connectivity index (χ4n) is 2.34. The van der Waals surface area contributed by atoms with Crippen LogP contribution in [0.2, 0.25) is 0 Å². The molecule has 1 atom stereocenters. The Morgan fingerprint density at radius 2 is 1.84 bits per heavy atom. The molecule has 0 amide bonds. The minimum atomic E-state index is -3.49. The largest absolute Gasteiger partial charge is 0.339 e. The zero-order valence-electron chi connectivity index (χ0n) is 15.3. The molecule has 1 unspecified atom stereocenters. The van der Waals surface area contributed by atoms with Crippen LogP contribution in [0.1, 0.15) is 69.7 Å². The van der Waals surface area contributed by atoms with Gasteiger partial charge in [0.05, 0.1) is 4.90 Å². The minimum absolute atomic E-state index is 0.217. The van der Waals surface area contributed by atoms with Crippen molar-refractivity contribution in [1.29, 1.82) is 0 Å². The number of sulfonamides is 1. The van der Waals surface area contributed by atoms with Crippen LogP contribution in [0.15, 0.2) is 33.7 Å². The van der Waals surface area contributed by atoms with E-state index in [1.807, 2.05) is 26.0 Å². The molecule has 1 aromatic carbocycles. The average molecular weight is 365 g/mol. The summed E-state index contributed by atoms with van der Waals surface area (Å²) in [5, 5.41) is 3.90. The topological polar surface area (TPSA) is 85.1 Å². The molecule has 0 saturated heterocycles. The number of rotatable bonds is 9. The Labute approximate surface area is 150 Å². The third-order valence-corrected chi connectivity index (χ3v) is 5.71. The molecule has 1 heterocycles. The van der Waals surface area contributed by atoms with Crippen molar-refractivity contribution in [3.8, 4) is 0 Å². The van der Waals surface area contributed by atoms with Crippen molar-refractivity contribution in [3.63, 3.8) is 0 Å². The van der Waals surface area contributed by atoms with Crippen LogP contribution in [0.5, 0.6) is 0 Å². The van der Waals surface area contributed by atoms with Crippen molar-refractivity contribution in [1.82, 2.24) is 14.9 Å². The molecule has 7 heteroatoms. The Hall–Kier alpha value is -1.73. The average Bonchev–Trinajstić information content (AvgIpc) is 3.07. The van der Waals surface area contributed by atoms with Crippen LogP contribution >= 0.6 is 0 Å². The highest BCUT2D eigenvalue weighted by Gasteiger charge is 2.15. The lowest BCUT2D eigenvalue weighted by atomic mass is 9.99. The van der Waals surface area contributed by atoms with Crippen LogP contribution < -0.4 is 4.72 Å². The van der Waals surface area contributed by atoms with E-state index in [9.17, 15) is 8.42 Å². The van der Waals surface area contributed by atoms with E-state index in [-0.39, 0.29) is 5.92 Å². The van der Waals surface area contributed by atoms with Gasteiger partial charge in [-0.1, -0.05) is 45.0 Å². The zero-order valence-corrected chi connectivity index (χ0v) is 16.1. The first-order chi connectivity index (χ1) is 11.8. The molecule has 0 spiro atoms. The van der Waals surface area contributed by atoms with Crippen LogP contribution in [0, 0.1) is 0 Å². The first-order valence-electron chi connectivity index (χ1n) is 8.75. The van der Waals surface area contributed by atoms with E-state index in [1.165, 1.54) is 0 Å². The lowest BCUT2D eigenvalue weighted by molar-refractivity contribution is 0.368. The van der Waals surface area contributed by atoms with E-state index < -0.39 is 10.0 Å². The van der Waals surface area contributed by atoms with Gasteiger partial charge in [0.15, 0.2) is 5.82 Å².